The average Bonchev–Trinajstić information content (AvgIpc) is 3.07. The van der Waals surface area contributed by atoms with Crippen molar-refractivity contribution >= 4 is 45.3 Å². The number of nitrogens with zero attached hydrogens (tertiary/aromatic N) is 3. The number of carbonyl (C=O) groups excluding carboxylic acids is 2. The van der Waals surface area contributed by atoms with Gasteiger partial charge in [-0.2, -0.15) is 5.26 Å². The molecular weight excluding hydrogens is 419 g/mol. The standard InChI is InChI=1S/C17H15IN4O2/c18-11-3-4-15-14(8-11)13(5-6-20-15)17(24)21-10-16(23)22-7-1-2-12(22)9-19/h3-6,8,12H,1-2,7,10H2,(H,21,24)/t12-/m0/s1. The molecule has 1 atom stereocenters. The number of rotatable bonds is 3. The first-order valence-electron chi connectivity index (χ1n) is 7.61. The first-order valence-corrected chi connectivity index (χ1v) is 8.69. The molecule has 1 aromatic heterocycles. The van der Waals surface area contributed by atoms with Gasteiger partial charge in [0.25, 0.3) is 5.91 Å². The van der Waals surface area contributed by atoms with Gasteiger partial charge in [0.15, 0.2) is 0 Å². The maximum absolute atomic E-state index is 12.5. The lowest BCUT2D eigenvalue weighted by atomic mass is 10.1. The van der Waals surface area contributed by atoms with Gasteiger partial charge in [0.2, 0.25) is 5.91 Å². The van der Waals surface area contributed by atoms with Gasteiger partial charge in [-0.3, -0.25) is 14.6 Å². The van der Waals surface area contributed by atoms with Crippen LogP contribution in [0.15, 0.2) is 30.5 Å². The van der Waals surface area contributed by atoms with E-state index in [0.29, 0.717) is 18.5 Å². The van der Waals surface area contributed by atoms with Gasteiger partial charge in [-0.1, -0.05) is 0 Å². The van der Waals surface area contributed by atoms with Crippen molar-refractivity contribution in [3.05, 3.63) is 39.6 Å². The summed E-state index contributed by atoms with van der Waals surface area (Å²) in [4.78, 5) is 30.5. The largest absolute Gasteiger partial charge is 0.343 e. The quantitative estimate of drug-likeness (QED) is 0.750. The van der Waals surface area contributed by atoms with Gasteiger partial charge in [0.05, 0.1) is 23.7 Å². The monoisotopic (exact) mass is 434 g/mol. The smallest absolute Gasteiger partial charge is 0.252 e. The fourth-order valence-corrected chi connectivity index (χ4v) is 3.36. The summed E-state index contributed by atoms with van der Waals surface area (Å²) in [6.45, 7) is 0.466. The summed E-state index contributed by atoms with van der Waals surface area (Å²) >= 11 is 2.18. The van der Waals surface area contributed by atoms with Crippen LogP contribution in [0.3, 0.4) is 0 Å². The van der Waals surface area contributed by atoms with Gasteiger partial charge in [-0.25, -0.2) is 0 Å². The number of likely N-dealkylation sites (tertiary alicyclic amines) is 1. The molecule has 24 heavy (non-hydrogen) atoms. The van der Waals surface area contributed by atoms with Crippen LogP contribution < -0.4 is 5.32 Å². The second kappa shape index (κ2) is 7.13. The van der Waals surface area contributed by atoms with E-state index in [1.54, 1.807) is 12.3 Å². The molecule has 0 saturated carbocycles. The normalized spacial score (nSPS) is 16.8. The van der Waals surface area contributed by atoms with Gasteiger partial charge < -0.3 is 10.2 Å². The van der Waals surface area contributed by atoms with Crippen molar-refractivity contribution < 1.29 is 9.59 Å². The number of pyridine rings is 1. The number of hydrogen-bond donors (Lipinski definition) is 1. The third-order valence-electron chi connectivity index (χ3n) is 4.07. The zero-order chi connectivity index (χ0) is 17.1. The Morgan fingerprint density at radius 1 is 1.42 bits per heavy atom. The summed E-state index contributed by atoms with van der Waals surface area (Å²) in [5, 5.41) is 12.5. The number of aromatic nitrogens is 1. The Hall–Kier alpha value is -2.21. The zero-order valence-electron chi connectivity index (χ0n) is 12.8. The topological polar surface area (TPSA) is 86.1 Å². The molecule has 6 nitrogen and oxygen atoms in total. The van der Waals surface area contributed by atoms with E-state index in [-0.39, 0.29) is 24.4 Å². The number of nitriles is 1. The molecule has 2 amide bonds. The molecule has 122 valence electrons. The summed E-state index contributed by atoms with van der Waals surface area (Å²) < 4.78 is 1.01. The van der Waals surface area contributed by atoms with Crippen molar-refractivity contribution in [1.29, 1.82) is 5.26 Å². The van der Waals surface area contributed by atoms with E-state index in [0.717, 1.165) is 20.9 Å². The Labute approximate surface area is 153 Å². The number of halogens is 1. The second-order valence-electron chi connectivity index (χ2n) is 5.58. The number of amides is 2. The van der Waals surface area contributed by atoms with Crippen LogP contribution in [0.2, 0.25) is 0 Å². The SMILES string of the molecule is N#C[C@@H]1CCCN1C(=O)CNC(=O)c1ccnc2ccc(I)cc12. The minimum atomic E-state index is -0.377. The fraction of sp³-hybridized carbons (Fsp3) is 0.294. The molecule has 1 aliphatic heterocycles. The number of nitrogens with one attached hydrogen (secondary N) is 1. The minimum Gasteiger partial charge on any atom is -0.343 e. The maximum Gasteiger partial charge on any atom is 0.252 e. The predicted octanol–water partition coefficient (Wildman–Crippen LogP) is 2.08. The second-order valence-corrected chi connectivity index (χ2v) is 6.82. The lowest BCUT2D eigenvalue weighted by Gasteiger charge is -2.19. The Morgan fingerprint density at radius 2 is 2.25 bits per heavy atom. The number of benzene rings is 1. The fourth-order valence-electron chi connectivity index (χ4n) is 2.87. The van der Waals surface area contributed by atoms with Crippen molar-refractivity contribution in [2.45, 2.75) is 18.9 Å². The highest BCUT2D eigenvalue weighted by molar-refractivity contribution is 14.1. The molecule has 1 aromatic carbocycles. The first kappa shape index (κ1) is 16.6. The van der Waals surface area contributed by atoms with Gasteiger partial charge in [0, 0.05) is 21.7 Å². The Kier molecular flexibility index (Phi) is 4.94. The number of carbonyl (C=O) groups is 2. The average molecular weight is 434 g/mol. The molecule has 2 aromatic rings. The van der Waals surface area contributed by atoms with Crippen molar-refractivity contribution in [2.75, 3.05) is 13.1 Å². The number of hydrogen-bond acceptors (Lipinski definition) is 4. The molecule has 3 rings (SSSR count). The van der Waals surface area contributed by atoms with E-state index in [2.05, 4.69) is 39.0 Å². The zero-order valence-corrected chi connectivity index (χ0v) is 15.0. The number of fused-ring (bicyclic) bond motifs is 1. The van der Waals surface area contributed by atoms with E-state index in [9.17, 15) is 9.59 Å². The molecule has 0 radical (unpaired) electrons. The van der Waals surface area contributed by atoms with Crippen LogP contribution in [0, 0.1) is 14.9 Å². The predicted molar refractivity (Wildman–Crippen MR) is 97.1 cm³/mol. The molecule has 1 saturated heterocycles. The Morgan fingerprint density at radius 3 is 3.04 bits per heavy atom. The lowest BCUT2D eigenvalue weighted by Crippen LogP contribution is -2.42. The van der Waals surface area contributed by atoms with Crippen LogP contribution in [0.25, 0.3) is 10.9 Å². The Balaban J connectivity index is 1.73. The van der Waals surface area contributed by atoms with Crippen LogP contribution in [-0.4, -0.2) is 40.8 Å². The van der Waals surface area contributed by atoms with E-state index in [1.165, 1.54) is 4.90 Å². The highest BCUT2D eigenvalue weighted by Gasteiger charge is 2.28. The molecule has 0 aliphatic carbocycles. The molecule has 0 unspecified atom stereocenters. The molecule has 1 fully saturated rings. The minimum absolute atomic E-state index is 0.106. The molecule has 7 heteroatoms. The lowest BCUT2D eigenvalue weighted by molar-refractivity contribution is -0.130. The van der Waals surface area contributed by atoms with Gasteiger partial charge in [-0.15, -0.1) is 0 Å². The highest BCUT2D eigenvalue weighted by atomic mass is 127. The van der Waals surface area contributed by atoms with Crippen molar-refractivity contribution in [1.82, 2.24) is 15.2 Å². The maximum atomic E-state index is 12.5. The van der Waals surface area contributed by atoms with Crippen LogP contribution in [0.4, 0.5) is 0 Å². The highest BCUT2D eigenvalue weighted by Crippen LogP contribution is 2.20. The first-order chi connectivity index (χ1) is 11.6. The third-order valence-corrected chi connectivity index (χ3v) is 4.74. The van der Waals surface area contributed by atoms with Crippen molar-refractivity contribution in [2.24, 2.45) is 0 Å². The molecule has 1 N–H and O–H groups in total. The summed E-state index contributed by atoms with van der Waals surface area (Å²) in [5.74, 6) is -0.536. The van der Waals surface area contributed by atoms with Gasteiger partial charge >= 0.3 is 0 Å². The van der Waals surface area contributed by atoms with E-state index < -0.39 is 0 Å². The molecule has 0 spiro atoms. The molecule has 0 bridgehead atoms. The molecule has 1 aliphatic rings. The van der Waals surface area contributed by atoms with Gasteiger partial charge in [0.1, 0.15) is 6.04 Å². The molecule has 2 heterocycles. The van der Waals surface area contributed by atoms with Crippen LogP contribution in [-0.2, 0) is 4.79 Å². The third kappa shape index (κ3) is 3.33. The van der Waals surface area contributed by atoms with E-state index in [4.69, 9.17) is 5.26 Å². The van der Waals surface area contributed by atoms with Crippen LogP contribution >= 0.6 is 22.6 Å². The van der Waals surface area contributed by atoms with Gasteiger partial charge in [-0.05, 0) is 59.7 Å². The summed E-state index contributed by atoms with van der Waals surface area (Å²) in [5.41, 5.74) is 1.23. The van der Waals surface area contributed by atoms with Crippen molar-refractivity contribution in [3.63, 3.8) is 0 Å². The van der Waals surface area contributed by atoms with Crippen LogP contribution in [0.5, 0.6) is 0 Å². The van der Waals surface area contributed by atoms with Crippen LogP contribution in [0.1, 0.15) is 23.2 Å². The van der Waals surface area contributed by atoms with E-state index in [1.807, 2.05) is 18.2 Å². The van der Waals surface area contributed by atoms with E-state index >= 15 is 0 Å². The summed E-state index contributed by atoms with van der Waals surface area (Å²) in [7, 11) is 0. The Bertz CT molecular complexity index is 846. The summed E-state index contributed by atoms with van der Waals surface area (Å²) in [6.07, 6.45) is 3.10. The molecular formula is C17H15IN4O2. The van der Waals surface area contributed by atoms with Crippen molar-refractivity contribution in [3.8, 4) is 6.07 Å². The summed E-state index contributed by atoms with van der Waals surface area (Å²) in [6, 6.07) is 9.08.